The van der Waals surface area contributed by atoms with Crippen molar-refractivity contribution in [2.45, 2.75) is 31.6 Å². The molecule has 0 bridgehead atoms. The summed E-state index contributed by atoms with van der Waals surface area (Å²) in [5.41, 5.74) is 8.22. The van der Waals surface area contributed by atoms with Gasteiger partial charge in [-0.3, -0.25) is 4.79 Å². The maximum absolute atomic E-state index is 11.9. The van der Waals surface area contributed by atoms with Crippen LogP contribution in [0.5, 0.6) is 0 Å². The number of benzene rings is 1. The van der Waals surface area contributed by atoms with Crippen LogP contribution in [0.2, 0.25) is 0 Å². The molecule has 5 heteroatoms. The second-order valence-electron chi connectivity index (χ2n) is 4.78. The first kappa shape index (κ1) is 14.2. The van der Waals surface area contributed by atoms with Gasteiger partial charge in [0, 0.05) is 23.2 Å². The molecule has 0 saturated carbocycles. The number of amides is 1. The van der Waals surface area contributed by atoms with Crippen LogP contribution in [0.15, 0.2) is 18.2 Å². The molecule has 0 aliphatic carbocycles. The van der Waals surface area contributed by atoms with E-state index in [2.05, 4.69) is 12.2 Å². The second kappa shape index (κ2) is 6.30. The van der Waals surface area contributed by atoms with Gasteiger partial charge in [-0.2, -0.15) is 0 Å². The fourth-order valence-electron chi connectivity index (χ4n) is 2.09. The van der Waals surface area contributed by atoms with E-state index < -0.39 is 0 Å². The summed E-state index contributed by atoms with van der Waals surface area (Å²) < 4.78 is 5.48. The first-order chi connectivity index (χ1) is 9.08. The highest BCUT2D eigenvalue weighted by Crippen LogP contribution is 2.26. The molecule has 1 fully saturated rings. The van der Waals surface area contributed by atoms with Gasteiger partial charge in [-0.15, -0.1) is 11.8 Å². The Labute approximate surface area is 118 Å². The summed E-state index contributed by atoms with van der Waals surface area (Å²) in [7, 11) is 0. The van der Waals surface area contributed by atoms with E-state index in [-0.39, 0.29) is 12.0 Å². The molecule has 1 aromatic rings. The van der Waals surface area contributed by atoms with Crippen molar-refractivity contribution in [2.75, 3.05) is 23.4 Å². The summed E-state index contributed by atoms with van der Waals surface area (Å²) in [6.45, 7) is 4.77. The molecule has 0 spiro atoms. The van der Waals surface area contributed by atoms with Crippen LogP contribution in [0, 0.1) is 6.92 Å². The van der Waals surface area contributed by atoms with Crippen molar-refractivity contribution in [3.63, 3.8) is 0 Å². The third-order valence-corrected chi connectivity index (χ3v) is 4.86. The molecule has 2 atom stereocenters. The van der Waals surface area contributed by atoms with E-state index in [0.717, 1.165) is 24.3 Å². The molecule has 0 radical (unpaired) electrons. The van der Waals surface area contributed by atoms with E-state index in [4.69, 9.17) is 10.5 Å². The molecule has 2 rings (SSSR count). The Balaban J connectivity index is 1.85. The average molecular weight is 280 g/mol. The number of thioether (sulfide) groups is 1. The number of hydrogen-bond acceptors (Lipinski definition) is 4. The smallest absolute Gasteiger partial charge is 0.234 e. The van der Waals surface area contributed by atoms with Crippen molar-refractivity contribution < 1.29 is 9.53 Å². The van der Waals surface area contributed by atoms with E-state index >= 15 is 0 Å². The Hall–Kier alpha value is -1.20. The highest BCUT2D eigenvalue weighted by atomic mass is 32.2. The SMILES string of the molecule is Cc1c(N)cccc1NC(=O)CSC1CCOC1C. The number of carbonyl (C=O) groups excluding carboxylic acids is 1. The summed E-state index contributed by atoms with van der Waals surface area (Å²) in [5.74, 6) is 0.463. The van der Waals surface area contributed by atoms with Crippen molar-refractivity contribution in [1.29, 1.82) is 0 Å². The zero-order chi connectivity index (χ0) is 13.8. The lowest BCUT2D eigenvalue weighted by Gasteiger charge is -2.14. The largest absolute Gasteiger partial charge is 0.398 e. The predicted molar refractivity (Wildman–Crippen MR) is 80.5 cm³/mol. The minimum atomic E-state index is 0.0119. The molecule has 1 heterocycles. The minimum absolute atomic E-state index is 0.0119. The first-order valence-corrected chi connectivity index (χ1v) is 7.51. The van der Waals surface area contributed by atoms with Crippen molar-refractivity contribution in [3.05, 3.63) is 23.8 Å². The maximum atomic E-state index is 11.9. The van der Waals surface area contributed by atoms with Gasteiger partial charge in [-0.1, -0.05) is 6.07 Å². The van der Waals surface area contributed by atoms with Gasteiger partial charge in [0.1, 0.15) is 0 Å². The van der Waals surface area contributed by atoms with E-state index in [9.17, 15) is 4.79 Å². The zero-order valence-corrected chi connectivity index (χ0v) is 12.1. The third kappa shape index (κ3) is 3.64. The van der Waals surface area contributed by atoms with Crippen LogP contribution in [-0.2, 0) is 9.53 Å². The lowest BCUT2D eigenvalue weighted by atomic mass is 10.1. The lowest BCUT2D eigenvalue weighted by Crippen LogP contribution is -2.20. The van der Waals surface area contributed by atoms with Gasteiger partial charge in [0.2, 0.25) is 5.91 Å². The molecule has 1 aliphatic rings. The normalized spacial score (nSPS) is 22.4. The van der Waals surface area contributed by atoms with Crippen LogP contribution in [0.1, 0.15) is 18.9 Å². The number of rotatable bonds is 4. The minimum Gasteiger partial charge on any atom is -0.398 e. The summed E-state index contributed by atoms with van der Waals surface area (Å²) >= 11 is 1.66. The molecule has 2 unspecified atom stereocenters. The third-order valence-electron chi connectivity index (χ3n) is 3.38. The van der Waals surface area contributed by atoms with Gasteiger partial charge in [-0.25, -0.2) is 0 Å². The van der Waals surface area contributed by atoms with Crippen LogP contribution >= 0.6 is 11.8 Å². The fraction of sp³-hybridized carbons (Fsp3) is 0.500. The number of nitrogen functional groups attached to an aromatic ring is 1. The van der Waals surface area contributed by atoms with Crippen molar-refractivity contribution in [1.82, 2.24) is 0 Å². The monoisotopic (exact) mass is 280 g/mol. The van der Waals surface area contributed by atoms with E-state index in [1.165, 1.54) is 0 Å². The van der Waals surface area contributed by atoms with Crippen LogP contribution in [0.25, 0.3) is 0 Å². The van der Waals surface area contributed by atoms with Crippen molar-refractivity contribution >= 4 is 29.0 Å². The van der Waals surface area contributed by atoms with Gasteiger partial charge in [0.05, 0.1) is 11.9 Å². The Bertz CT molecular complexity index is 465. The van der Waals surface area contributed by atoms with Crippen LogP contribution in [0.4, 0.5) is 11.4 Å². The van der Waals surface area contributed by atoms with Gasteiger partial charge in [0.25, 0.3) is 0 Å². The molecular weight excluding hydrogens is 260 g/mol. The molecule has 1 aliphatic heterocycles. The molecule has 1 amide bonds. The number of nitrogens with one attached hydrogen (secondary N) is 1. The Morgan fingerprint density at radius 1 is 1.58 bits per heavy atom. The molecule has 104 valence electrons. The number of carbonyl (C=O) groups is 1. The van der Waals surface area contributed by atoms with E-state index in [0.29, 0.717) is 16.7 Å². The Morgan fingerprint density at radius 3 is 3.05 bits per heavy atom. The van der Waals surface area contributed by atoms with Crippen LogP contribution in [0.3, 0.4) is 0 Å². The lowest BCUT2D eigenvalue weighted by molar-refractivity contribution is -0.113. The predicted octanol–water partition coefficient (Wildman–Crippen LogP) is 2.43. The molecule has 1 aromatic carbocycles. The van der Waals surface area contributed by atoms with E-state index in [1.54, 1.807) is 11.8 Å². The first-order valence-electron chi connectivity index (χ1n) is 6.46. The number of ether oxygens (including phenoxy) is 1. The molecule has 4 nitrogen and oxygen atoms in total. The highest BCUT2D eigenvalue weighted by molar-refractivity contribution is 8.00. The molecule has 1 saturated heterocycles. The number of anilines is 2. The number of nitrogens with two attached hydrogens (primary N) is 1. The van der Waals surface area contributed by atoms with Crippen molar-refractivity contribution in [2.24, 2.45) is 0 Å². The molecular formula is C14H20N2O2S. The second-order valence-corrected chi connectivity index (χ2v) is 6.01. The van der Waals surface area contributed by atoms with E-state index in [1.807, 2.05) is 25.1 Å². The Morgan fingerprint density at radius 2 is 2.37 bits per heavy atom. The van der Waals surface area contributed by atoms with Gasteiger partial charge in [0.15, 0.2) is 0 Å². The summed E-state index contributed by atoms with van der Waals surface area (Å²) in [6.07, 6.45) is 1.27. The van der Waals surface area contributed by atoms with Crippen LogP contribution < -0.4 is 11.1 Å². The summed E-state index contributed by atoms with van der Waals surface area (Å²) in [6, 6.07) is 5.55. The Kier molecular flexibility index (Phi) is 4.71. The molecule has 0 aromatic heterocycles. The summed E-state index contributed by atoms with van der Waals surface area (Å²) in [4.78, 5) is 11.9. The topological polar surface area (TPSA) is 64.3 Å². The highest BCUT2D eigenvalue weighted by Gasteiger charge is 2.25. The number of hydrogen-bond donors (Lipinski definition) is 2. The fourth-order valence-corrected chi connectivity index (χ4v) is 3.14. The molecule has 19 heavy (non-hydrogen) atoms. The van der Waals surface area contributed by atoms with Gasteiger partial charge < -0.3 is 15.8 Å². The standard InChI is InChI=1S/C14H20N2O2S/c1-9-11(15)4-3-5-12(9)16-14(17)8-19-13-6-7-18-10(13)2/h3-5,10,13H,6-8,15H2,1-2H3,(H,16,17). The van der Waals surface area contributed by atoms with Gasteiger partial charge in [-0.05, 0) is 38.0 Å². The van der Waals surface area contributed by atoms with Crippen molar-refractivity contribution in [3.8, 4) is 0 Å². The average Bonchev–Trinajstić information content (AvgIpc) is 2.78. The summed E-state index contributed by atoms with van der Waals surface area (Å²) in [5, 5.41) is 3.33. The quantitative estimate of drug-likeness (QED) is 0.831. The zero-order valence-electron chi connectivity index (χ0n) is 11.3. The van der Waals surface area contributed by atoms with Crippen LogP contribution in [-0.4, -0.2) is 29.6 Å². The molecule has 3 N–H and O–H groups in total. The maximum Gasteiger partial charge on any atom is 0.234 e. The van der Waals surface area contributed by atoms with Gasteiger partial charge >= 0.3 is 0 Å².